The molecule has 2 aromatic rings. The van der Waals surface area contributed by atoms with Crippen LogP contribution in [0.1, 0.15) is 28.3 Å². The minimum atomic E-state index is 0.342. The third kappa shape index (κ3) is 3.09. The van der Waals surface area contributed by atoms with Crippen LogP contribution in [0.3, 0.4) is 0 Å². The van der Waals surface area contributed by atoms with Gasteiger partial charge < -0.3 is 10.5 Å². The Bertz CT molecular complexity index is 510. The van der Waals surface area contributed by atoms with Gasteiger partial charge in [-0.15, -0.1) is 11.3 Å². The van der Waals surface area contributed by atoms with Crippen LogP contribution in [-0.2, 0) is 6.42 Å². The van der Waals surface area contributed by atoms with Gasteiger partial charge in [0, 0.05) is 30.0 Å². The van der Waals surface area contributed by atoms with Crippen molar-refractivity contribution in [3.05, 3.63) is 45.9 Å². The first-order chi connectivity index (χ1) is 8.72. The molecule has 0 fully saturated rings. The van der Waals surface area contributed by atoms with Crippen molar-refractivity contribution >= 4 is 11.3 Å². The number of hydrogen-bond donors (Lipinski definition) is 1. The fraction of sp³-hybridized carbons (Fsp3) is 0.357. The van der Waals surface area contributed by atoms with Crippen LogP contribution in [0.25, 0.3) is 0 Å². The highest BCUT2D eigenvalue weighted by molar-refractivity contribution is 7.11. The van der Waals surface area contributed by atoms with Crippen molar-refractivity contribution in [2.24, 2.45) is 5.73 Å². The molecule has 0 aliphatic rings. The lowest BCUT2D eigenvalue weighted by molar-refractivity contribution is 0.414. The second-order valence-corrected chi connectivity index (χ2v) is 5.48. The Hall–Kier alpha value is -1.39. The van der Waals surface area contributed by atoms with E-state index in [1.54, 1.807) is 18.4 Å². The number of thiazole rings is 1. The third-order valence-corrected chi connectivity index (χ3v) is 4.09. The summed E-state index contributed by atoms with van der Waals surface area (Å²) in [5, 5.41) is 1.12. The molecular weight excluding hydrogens is 244 g/mol. The molecule has 0 saturated carbocycles. The lowest BCUT2D eigenvalue weighted by Crippen LogP contribution is -2.08. The molecule has 0 bridgehead atoms. The van der Waals surface area contributed by atoms with Crippen molar-refractivity contribution in [2.45, 2.75) is 19.3 Å². The molecule has 0 saturated heterocycles. The van der Waals surface area contributed by atoms with Crippen molar-refractivity contribution in [2.75, 3.05) is 13.7 Å². The molecule has 1 aromatic heterocycles. The molecule has 2 N–H and O–H groups in total. The summed E-state index contributed by atoms with van der Waals surface area (Å²) in [4.78, 5) is 5.70. The predicted molar refractivity (Wildman–Crippen MR) is 75.4 cm³/mol. The van der Waals surface area contributed by atoms with Gasteiger partial charge in [-0.3, -0.25) is 0 Å². The molecule has 0 spiro atoms. The van der Waals surface area contributed by atoms with Gasteiger partial charge in [-0.05, 0) is 17.7 Å². The van der Waals surface area contributed by atoms with Crippen molar-refractivity contribution in [3.63, 3.8) is 0 Å². The van der Waals surface area contributed by atoms with Gasteiger partial charge >= 0.3 is 0 Å². The first-order valence-electron chi connectivity index (χ1n) is 6.00. The number of nitrogens with zero attached hydrogens (tertiary/aromatic N) is 1. The van der Waals surface area contributed by atoms with Gasteiger partial charge in [-0.25, -0.2) is 4.98 Å². The Morgan fingerprint density at radius 1 is 1.44 bits per heavy atom. The van der Waals surface area contributed by atoms with Gasteiger partial charge in [0.1, 0.15) is 5.75 Å². The van der Waals surface area contributed by atoms with E-state index < -0.39 is 0 Å². The lowest BCUT2D eigenvalue weighted by Gasteiger charge is -2.03. The van der Waals surface area contributed by atoms with E-state index in [0.717, 1.165) is 17.2 Å². The average Bonchev–Trinajstić information content (AvgIpc) is 2.86. The first kappa shape index (κ1) is 13.1. The molecule has 1 unspecified atom stereocenters. The zero-order valence-corrected chi connectivity index (χ0v) is 11.5. The second-order valence-electron chi connectivity index (χ2n) is 4.33. The lowest BCUT2D eigenvalue weighted by atomic mass is 10.1. The van der Waals surface area contributed by atoms with Crippen LogP contribution in [0.2, 0.25) is 0 Å². The molecule has 3 nitrogen and oxygen atoms in total. The quantitative estimate of drug-likeness (QED) is 0.901. The summed E-state index contributed by atoms with van der Waals surface area (Å²) in [5.74, 6) is 1.24. The summed E-state index contributed by atoms with van der Waals surface area (Å²) in [6.45, 7) is 2.75. The largest absolute Gasteiger partial charge is 0.497 e. The van der Waals surface area contributed by atoms with E-state index in [9.17, 15) is 0 Å². The Labute approximate surface area is 112 Å². The minimum Gasteiger partial charge on any atom is -0.497 e. The third-order valence-electron chi connectivity index (χ3n) is 2.86. The molecule has 1 atom stereocenters. The summed E-state index contributed by atoms with van der Waals surface area (Å²) >= 11 is 1.74. The van der Waals surface area contributed by atoms with Gasteiger partial charge in [0.2, 0.25) is 0 Å². The van der Waals surface area contributed by atoms with E-state index in [-0.39, 0.29) is 0 Å². The minimum absolute atomic E-state index is 0.342. The Balaban J connectivity index is 2.11. The van der Waals surface area contributed by atoms with Crippen molar-refractivity contribution in [3.8, 4) is 5.75 Å². The number of hydrogen-bond acceptors (Lipinski definition) is 4. The molecular formula is C14H18N2OS. The smallest absolute Gasteiger partial charge is 0.119 e. The van der Waals surface area contributed by atoms with Crippen LogP contribution in [0, 0.1) is 0 Å². The molecule has 96 valence electrons. The van der Waals surface area contributed by atoms with Crippen LogP contribution in [0.5, 0.6) is 5.75 Å². The topological polar surface area (TPSA) is 48.1 Å². The molecule has 18 heavy (non-hydrogen) atoms. The molecule has 4 heteroatoms. The number of rotatable bonds is 5. The Morgan fingerprint density at radius 2 is 2.28 bits per heavy atom. The van der Waals surface area contributed by atoms with E-state index in [0.29, 0.717) is 12.5 Å². The highest BCUT2D eigenvalue weighted by atomic mass is 32.1. The van der Waals surface area contributed by atoms with E-state index in [1.807, 2.05) is 18.3 Å². The second kappa shape index (κ2) is 5.98. The van der Waals surface area contributed by atoms with Crippen molar-refractivity contribution in [1.29, 1.82) is 0 Å². The first-order valence-corrected chi connectivity index (χ1v) is 6.82. The summed E-state index contributed by atoms with van der Waals surface area (Å²) in [7, 11) is 1.69. The standard InChI is InChI=1S/C14H18N2OS/c1-10(8-15)14-16-9-13(18-14)7-11-4-3-5-12(6-11)17-2/h3-6,9-10H,7-8,15H2,1-2H3. The van der Waals surface area contributed by atoms with Crippen LogP contribution in [0.15, 0.2) is 30.5 Å². The van der Waals surface area contributed by atoms with E-state index in [2.05, 4.69) is 24.0 Å². The van der Waals surface area contributed by atoms with Gasteiger partial charge in [0.15, 0.2) is 0 Å². The Kier molecular flexibility index (Phi) is 4.33. The summed E-state index contributed by atoms with van der Waals surface area (Å²) < 4.78 is 5.22. The molecule has 0 aliphatic carbocycles. The van der Waals surface area contributed by atoms with Crippen LogP contribution in [-0.4, -0.2) is 18.6 Å². The molecule has 0 aliphatic heterocycles. The van der Waals surface area contributed by atoms with Crippen LogP contribution in [0.4, 0.5) is 0 Å². The van der Waals surface area contributed by atoms with Gasteiger partial charge in [-0.1, -0.05) is 19.1 Å². The van der Waals surface area contributed by atoms with Crippen LogP contribution < -0.4 is 10.5 Å². The molecule has 1 heterocycles. The normalized spacial score (nSPS) is 12.4. The zero-order chi connectivity index (χ0) is 13.0. The molecule has 1 aromatic carbocycles. The number of nitrogens with two attached hydrogens (primary N) is 1. The Morgan fingerprint density at radius 3 is 3.00 bits per heavy atom. The monoisotopic (exact) mass is 262 g/mol. The van der Waals surface area contributed by atoms with Crippen LogP contribution >= 0.6 is 11.3 Å². The maximum absolute atomic E-state index is 5.65. The highest BCUT2D eigenvalue weighted by Crippen LogP contribution is 2.24. The van der Waals surface area contributed by atoms with Crippen molar-refractivity contribution in [1.82, 2.24) is 4.98 Å². The van der Waals surface area contributed by atoms with Gasteiger partial charge in [-0.2, -0.15) is 0 Å². The summed E-state index contributed by atoms with van der Waals surface area (Å²) in [6, 6.07) is 8.14. The number of benzene rings is 1. The summed E-state index contributed by atoms with van der Waals surface area (Å²) in [6.07, 6.45) is 2.85. The zero-order valence-electron chi connectivity index (χ0n) is 10.7. The average molecular weight is 262 g/mol. The van der Waals surface area contributed by atoms with E-state index >= 15 is 0 Å². The number of methoxy groups -OCH3 is 1. The van der Waals surface area contributed by atoms with E-state index in [1.165, 1.54) is 10.4 Å². The van der Waals surface area contributed by atoms with E-state index in [4.69, 9.17) is 10.5 Å². The fourth-order valence-corrected chi connectivity index (χ4v) is 2.73. The maximum atomic E-state index is 5.65. The fourth-order valence-electron chi connectivity index (χ4n) is 1.72. The predicted octanol–water partition coefficient (Wildman–Crippen LogP) is 2.80. The number of ether oxygens (including phenoxy) is 1. The molecule has 2 rings (SSSR count). The SMILES string of the molecule is COc1cccc(Cc2cnc(C(C)CN)s2)c1. The molecule has 0 radical (unpaired) electrons. The maximum Gasteiger partial charge on any atom is 0.119 e. The van der Waals surface area contributed by atoms with Crippen molar-refractivity contribution < 1.29 is 4.74 Å². The summed E-state index contributed by atoms with van der Waals surface area (Å²) in [5.41, 5.74) is 6.89. The highest BCUT2D eigenvalue weighted by Gasteiger charge is 2.09. The van der Waals surface area contributed by atoms with Gasteiger partial charge in [0.05, 0.1) is 12.1 Å². The number of aromatic nitrogens is 1. The van der Waals surface area contributed by atoms with Gasteiger partial charge in [0.25, 0.3) is 0 Å². The molecule has 0 amide bonds.